The molecule has 0 aromatic carbocycles. The van der Waals surface area contributed by atoms with E-state index in [0.717, 1.165) is 22.4 Å². The number of rotatable bonds is 2. The summed E-state index contributed by atoms with van der Waals surface area (Å²) in [4.78, 5) is 4.50. The minimum Gasteiger partial charge on any atom is -0.362 e. The number of nitrogens with one attached hydrogen (secondary N) is 1. The zero-order chi connectivity index (χ0) is 11.5. The van der Waals surface area contributed by atoms with Crippen LogP contribution in [0.5, 0.6) is 0 Å². The molecule has 1 saturated heterocycles. The van der Waals surface area contributed by atoms with Crippen molar-refractivity contribution in [2.75, 3.05) is 5.75 Å². The van der Waals surface area contributed by atoms with E-state index in [0.29, 0.717) is 18.5 Å². The molecule has 0 aliphatic carbocycles. The molecule has 16 heavy (non-hydrogen) atoms. The minimum atomic E-state index is 0.499. The van der Waals surface area contributed by atoms with Crippen molar-refractivity contribution in [3.63, 3.8) is 0 Å². The third-order valence-electron chi connectivity index (χ3n) is 2.75. The number of amidine groups is 1. The molecule has 2 heterocycles. The van der Waals surface area contributed by atoms with Gasteiger partial charge in [0.05, 0.1) is 6.54 Å². The van der Waals surface area contributed by atoms with Gasteiger partial charge in [-0.2, -0.15) is 0 Å². The van der Waals surface area contributed by atoms with Gasteiger partial charge in [-0.05, 0) is 19.8 Å². The second kappa shape index (κ2) is 4.91. The van der Waals surface area contributed by atoms with E-state index in [1.165, 1.54) is 0 Å². The average molecular weight is 239 g/mol. The molecular weight excluding hydrogens is 222 g/mol. The second-order valence-electron chi connectivity index (χ2n) is 4.27. The first kappa shape index (κ1) is 11.5. The lowest BCUT2D eigenvalue weighted by molar-refractivity contribution is 0.391. The second-order valence-corrected chi connectivity index (χ2v) is 5.28. The van der Waals surface area contributed by atoms with E-state index >= 15 is 0 Å². The average Bonchev–Trinajstić information content (AvgIpc) is 2.66. The van der Waals surface area contributed by atoms with Crippen molar-refractivity contribution < 1.29 is 4.52 Å². The highest BCUT2D eigenvalue weighted by Gasteiger charge is 2.20. The summed E-state index contributed by atoms with van der Waals surface area (Å²) in [6.07, 6.45) is 0. The summed E-state index contributed by atoms with van der Waals surface area (Å²) in [5.41, 5.74) is 0.888. The summed E-state index contributed by atoms with van der Waals surface area (Å²) in [6, 6.07) is 2.42. The summed E-state index contributed by atoms with van der Waals surface area (Å²) in [6.45, 7) is 6.93. The molecule has 0 radical (unpaired) electrons. The number of hydrogen-bond acceptors (Lipinski definition) is 4. The fourth-order valence-electron chi connectivity index (χ4n) is 1.47. The van der Waals surface area contributed by atoms with Gasteiger partial charge in [0.25, 0.3) is 0 Å². The number of aryl methyl sites for hydroxylation is 1. The third kappa shape index (κ3) is 2.78. The third-order valence-corrected chi connectivity index (χ3v) is 3.96. The van der Waals surface area contributed by atoms with Gasteiger partial charge in [0.2, 0.25) is 0 Å². The van der Waals surface area contributed by atoms with Crippen molar-refractivity contribution in [2.24, 2.45) is 10.9 Å². The van der Waals surface area contributed by atoms with Crippen LogP contribution in [0.3, 0.4) is 0 Å². The molecule has 1 aliphatic rings. The van der Waals surface area contributed by atoms with Crippen LogP contribution < -0.4 is 5.32 Å². The summed E-state index contributed by atoms with van der Waals surface area (Å²) < 4.78 is 5.00. The Hall–Kier alpha value is -0.970. The molecule has 0 spiro atoms. The molecule has 5 heteroatoms. The van der Waals surface area contributed by atoms with Gasteiger partial charge in [-0.15, -0.1) is 0 Å². The summed E-state index contributed by atoms with van der Waals surface area (Å²) in [5, 5.41) is 8.33. The first-order valence-corrected chi connectivity index (χ1v) is 6.49. The molecule has 1 aromatic heterocycles. The standard InChI is InChI=1S/C11H17N3OS/c1-7-6-16-11(13-9(7)3)12-5-10-4-8(2)15-14-10/h4,7,9H,5-6H2,1-3H3,(H,12,13). The largest absolute Gasteiger partial charge is 0.362 e. The number of nitrogens with zero attached hydrogens (tertiary/aromatic N) is 2. The summed E-state index contributed by atoms with van der Waals surface area (Å²) in [7, 11) is 0. The Kier molecular flexibility index (Phi) is 3.53. The molecule has 0 amide bonds. The van der Waals surface area contributed by atoms with Crippen LogP contribution in [0.1, 0.15) is 25.3 Å². The monoisotopic (exact) mass is 239 g/mol. The Labute approximate surface area is 99.9 Å². The molecule has 2 unspecified atom stereocenters. The maximum atomic E-state index is 5.00. The number of thioether (sulfide) groups is 1. The molecule has 1 aromatic rings. The quantitative estimate of drug-likeness (QED) is 0.859. The molecule has 2 atom stereocenters. The van der Waals surface area contributed by atoms with Gasteiger partial charge in [-0.25, -0.2) is 0 Å². The minimum absolute atomic E-state index is 0.499. The van der Waals surface area contributed by atoms with Crippen LogP contribution in [-0.2, 0) is 6.54 Å². The van der Waals surface area contributed by atoms with Crippen molar-refractivity contribution in [2.45, 2.75) is 33.4 Å². The van der Waals surface area contributed by atoms with Gasteiger partial charge < -0.3 is 9.84 Å². The van der Waals surface area contributed by atoms with Gasteiger partial charge >= 0.3 is 0 Å². The Morgan fingerprint density at radius 3 is 3.06 bits per heavy atom. The number of aliphatic imine (C=N–C) groups is 1. The SMILES string of the molecule is Cc1cc(CN=C2NC(C)C(C)CS2)no1. The number of hydrogen-bond donors (Lipinski definition) is 1. The first-order chi connectivity index (χ1) is 7.65. The van der Waals surface area contributed by atoms with Crippen LogP contribution in [0.2, 0.25) is 0 Å². The van der Waals surface area contributed by atoms with Crippen LogP contribution in [0.25, 0.3) is 0 Å². The van der Waals surface area contributed by atoms with Crippen LogP contribution in [0.4, 0.5) is 0 Å². The van der Waals surface area contributed by atoms with Crippen molar-refractivity contribution >= 4 is 16.9 Å². The topological polar surface area (TPSA) is 50.4 Å². The lowest BCUT2D eigenvalue weighted by Gasteiger charge is -2.28. The van der Waals surface area contributed by atoms with Crippen molar-refractivity contribution in [1.29, 1.82) is 0 Å². The van der Waals surface area contributed by atoms with E-state index in [1.807, 2.05) is 13.0 Å². The first-order valence-electron chi connectivity index (χ1n) is 5.51. The van der Waals surface area contributed by atoms with E-state index in [4.69, 9.17) is 4.52 Å². The van der Waals surface area contributed by atoms with Crippen LogP contribution in [-0.4, -0.2) is 22.1 Å². The smallest absolute Gasteiger partial charge is 0.157 e. The maximum absolute atomic E-state index is 5.00. The summed E-state index contributed by atoms with van der Waals surface area (Å²) in [5.74, 6) is 2.66. The lowest BCUT2D eigenvalue weighted by atomic mass is 10.1. The Bertz CT molecular complexity index is 388. The van der Waals surface area contributed by atoms with Crippen LogP contribution in [0.15, 0.2) is 15.6 Å². The van der Waals surface area contributed by atoms with Crippen LogP contribution in [0, 0.1) is 12.8 Å². The molecule has 2 rings (SSSR count). The van der Waals surface area contributed by atoms with E-state index in [2.05, 4.69) is 29.3 Å². The van der Waals surface area contributed by atoms with Crippen molar-refractivity contribution in [3.05, 3.63) is 17.5 Å². The number of aromatic nitrogens is 1. The van der Waals surface area contributed by atoms with Gasteiger partial charge in [-0.1, -0.05) is 23.8 Å². The van der Waals surface area contributed by atoms with Crippen LogP contribution >= 0.6 is 11.8 Å². The molecule has 1 fully saturated rings. The highest BCUT2D eigenvalue weighted by Crippen LogP contribution is 2.19. The molecule has 1 aliphatic heterocycles. The van der Waals surface area contributed by atoms with E-state index in [-0.39, 0.29) is 0 Å². The van der Waals surface area contributed by atoms with Gasteiger partial charge in [0, 0.05) is 17.9 Å². The molecule has 0 bridgehead atoms. The fourth-order valence-corrected chi connectivity index (χ4v) is 2.60. The van der Waals surface area contributed by atoms with Crippen molar-refractivity contribution in [3.8, 4) is 0 Å². The summed E-state index contributed by atoms with van der Waals surface area (Å²) >= 11 is 1.78. The van der Waals surface area contributed by atoms with Gasteiger partial charge in [0.1, 0.15) is 11.5 Å². The Balaban J connectivity index is 1.93. The highest BCUT2D eigenvalue weighted by molar-refractivity contribution is 8.13. The molecule has 4 nitrogen and oxygen atoms in total. The van der Waals surface area contributed by atoms with Gasteiger partial charge in [-0.3, -0.25) is 4.99 Å². The van der Waals surface area contributed by atoms with E-state index in [9.17, 15) is 0 Å². The Morgan fingerprint density at radius 2 is 2.44 bits per heavy atom. The molecule has 88 valence electrons. The predicted molar refractivity (Wildman–Crippen MR) is 66.6 cm³/mol. The lowest BCUT2D eigenvalue weighted by Crippen LogP contribution is -2.41. The zero-order valence-corrected chi connectivity index (χ0v) is 10.7. The van der Waals surface area contributed by atoms with E-state index in [1.54, 1.807) is 11.8 Å². The molecule has 1 N–H and O–H groups in total. The highest BCUT2D eigenvalue weighted by atomic mass is 32.2. The predicted octanol–water partition coefficient (Wildman–Crippen LogP) is 2.20. The van der Waals surface area contributed by atoms with Gasteiger partial charge in [0.15, 0.2) is 5.17 Å². The normalized spacial score (nSPS) is 28.1. The maximum Gasteiger partial charge on any atom is 0.157 e. The van der Waals surface area contributed by atoms with E-state index < -0.39 is 0 Å². The zero-order valence-electron chi connectivity index (χ0n) is 9.86. The van der Waals surface area contributed by atoms with Crippen molar-refractivity contribution in [1.82, 2.24) is 10.5 Å². The fraction of sp³-hybridized carbons (Fsp3) is 0.636. The molecular formula is C11H17N3OS. The molecule has 0 saturated carbocycles. The Morgan fingerprint density at radius 1 is 1.62 bits per heavy atom.